The molecule has 6 nitrogen and oxygen atoms in total. The number of sulfonamides is 1. The van der Waals surface area contributed by atoms with Gasteiger partial charge in [0.25, 0.3) is 10.0 Å². The molecule has 154 valence electrons. The second kappa shape index (κ2) is 8.33. The minimum atomic E-state index is -3.87. The summed E-state index contributed by atoms with van der Waals surface area (Å²) in [5.41, 5.74) is 1.08. The fourth-order valence-corrected chi connectivity index (χ4v) is 5.24. The Balaban J connectivity index is 1.66. The van der Waals surface area contributed by atoms with Crippen LogP contribution in [0.5, 0.6) is 11.5 Å². The lowest BCUT2D eigenvalue weighted by Crippen LogP contribution is -2.14. The zero-order valence-electron chi connectivity index (χ0n) is 16.2. The molecule has 3 aromatic carbocycles. The molecule has 0 aliphatic heterocycles. The van der Waals surface area contributed by atoms with Crippen molar-refractivity contribution in [3.8, 4) is 11.5 Å². The topological polar surface area (TPSA) is 77.4 Å². The van der Waals surface area contributed by atoms with Gasteiger partial charge < -0.3 is 4.74 Å². The van der Waals surface area contributed by atoms with E-state index >= 15 is 0 Å². The number of hydrogen-bond acceptors (Lipinski definition) is 5. The fourth-order valence-electron chi connectivity index (χ4n) is 3.11. The van der Waals surface area contributed by atoms with Gasteiger partial charge in [0.05, 0.1) is 20.8 Å². The molecular weight excluding hydrogens is 420 g/mol. The van der Waals surface area contributed by atoms with Crippen LogP contribution in [0.15, 0.2) is 82.5 Å². The van der Waals surface area contributed by atoms with Crippen LogP contribution in [0.3, 0.4) is 0 Å². The van der Waals surface area contributed by atoms with E-state index in [-0.39, 0.29) is 9.77 Å². The predicted octanol–water partition coefficient (Wildman–Crippen LogP) is 5.07. The summed E-state index contributed by atoms with van der Waals surface area (Å²) in [4.78, 5) is 12.2. The molecule has 8 heteroatoms. The molecule has 4 rings (SSSR count). The van der Waals surface area contributed by atoms with Gasteiger partial charge >= 0.3 is 4.87 Å². The third-order valence-corrected chi connectivity index (χ3v) is 6.80. The number of aromatic nitrogens is 1. The highest BCUT2D eigenvalue weighted by atomic mass is 32.2. The molecule has 1 heterocycles. The zero-order chi connectivity index (χ0) is 21.1. The molecule has 0 fully saturated rings. The normalized spacial score (nSPS) is 11.5. The minimum Gasteiger partial charge on any atom is -0.455 e. The van der Waals surface area contributed by atoms with Crippen LogP contribution in [-0.2, 0) is 16.6 Å². The third kappa shape index (κ3) is 4.10. The van der Waals surface area contributed by atoms with Gasteiger partial charge in [-0.05, 0) is 48.9 Å². The maximum absolute atomic E-state index is 13.0. The lowest BCUT2D eigenvalue weighted by molar-refractivity contribution is 0.485. The predicted molar refractivity (Wildman–Crippen MR) is 120 cm³/mol. The molecule has 0 aliphatic rings. The quantitative estimate of drug-likeness (QED) is 0.435. The summed E-state index contributed by atoms with van der Waals surface area (Å²) >= 11 is 1.05. The summed E-state index contributed by atoms with van der Waals surface area (Å²) in [5.74, 6) is 1.000. The van der Waals surface area contributed by atoms with Gasteiger partial charge in [-0.1, -0.05) is 48.6 Å². The van der Waals surface area contributed by atoms with Crippen LogP contribution in [0.25, 0.3) is 10.2 Å². The first kappa shape index (κ1) is 20.2. The number of anilines is 1. The molecule has 4 aromatic rings. The highest BCUT2D eigenvalue weighted by Crippen LogP contribution is 2.31. The first-order valence-corrected chi connectivity index (χ1v) is 11.8. The molecule has 0 aliphatic carbocycles. The average molecular weight is 441 g/mol. The Bertz CT molecular complexity index is 1340. The Labute approximate surface area is 178 Å². The zero-order valence-corrected chi connectivity index (χ0v) is 17.9. The number of rotatable bonds is 7. The molecule has 0 amide bonds. The van der Waals surface area contributed by atoms with Gasteiger partial charge in [-0.15, -0.1) is 0 Å². The van der Waals surface area contributed by atoms with E-state index in [9.17, 15) is 13.2 Å². The van der Waals surface area contributed by atoms with Crippen LogP contribution in [-0.4, -0.2) is 13.0 Å². The van der Waals surface area contributed by atoms with Crippen LogP contribution in [0.4, 0.5) is 5.69 Å². The first-order valence-electron chi connectivity index (χ1n) is 9.46. The lowest BCUT2D eigenvalue weighted by Gasteiger charge is -2.13. The van der Waals surface area contributed by atoms with E-state index in [1.807, 2.05) is 25.1 Å². The third-order valence-electron chi connectivity index (χ3n) is 4.50. The van der Waals surface area contributed by atoms with Crippen molar-refractivity contribution < 1.29 is 13.2 Å². The number of para-hydroxylation sites is 3. The Kier molecular flexibility index (Phi) is 5.61. The van der Waals surface area contributed by atoms with Crippen molar-refractivity contribution in [1.82, 2.24) is 4.57 Å². The van der Waals surface area contributed by atoms with E-state index in [0.717, 1.165) is 23.3 Å². The van der Waals surface area contributed by atoms with E-state index in [1.54, 1.807) is 47.0 Å². The SMILES string of the molecule is CCCn1c(=O)sc2cc(S(=O)(=O)Nc3ccccc3Oc3ccccc3)ccc21. The highest BCUT2D eigenvalue weighted by molar-refractivity contribution is 7.92. The van der Waals surface area contributed by atoms with E-state index in [2.05, 4.69) is 4.72 Å². The summed E-state index contributed by atoms with van der Waals surface area (Å²) in [6.07, 6.45) is 0.825. The Morgan fingerprint density at radius 2 is 1.73 bits per heavy atom. The van der Waals surface area contributed by atoms with Crippen molar-refractivity contribution in [2.24, 2.45) is 0 Å². The number of aryl methyl sites for hydroxylation is 1. The summed E-state index contributed by atoms with van der Waals surface area (Å²) in [5, 5.41) is 0. The number of nitrogens with one attached hydrogen (secondary N) is 1. The largest absolute Gasteiger partial charge is 0.455 e. The highest BCUT2D eigenvalue weighted by Gasteiger charge is 2.19. The molecule has 0 radical (unpaired) electrons. The minimum absolute atomic E-state index is 0.0871. The summed E-state index contributed by atoms with van der Waals surface area (Å²) in [6, 6.07) is 20.7. The van der Waals surface area contributed by atoms with Crippen molar-refractivity contribution in [1.29, 1.82) is 0 Å². The van der Waals surface area contributed by atoms with Gasteiger partial charge in [-0.2, -0.15) is 0 Å². The van der Waals surface area contributed by atoms with Crippen molar-refractivity contribution in [3.05, 3.63) is 82.5 Å². The van der Waals surface area contributed by atoms with Crippen molar-refractivity contribution >= 4 is 37.3 Å². The number of ether oxygens (including phenoxy) is 1. The van der Waals surface area contributed by atoms with Gasteiger partial charge in [-0.25, -0.2) is 8.42 Å². The Morgan fingerprint density at radius 1 is 1.00 bits per heavy atom. The smallest absolute Gasteiger partial charge is 0.308 e. The molecule has 0 bridgehead atoms. The average Bonchev–Trinajstić information content (AvgIpc) is 3.05. The molecule has 0 saturated carbocycles. The second-order valence-corrected chi connectivity index (χ2v) is 9.34. The number of thiazole rings is 1. The van der Waals surface area contributed by atoms with Gasteiger partial charge in [0.1, 0.15) is 5.75 Å². The summed E-state index contributed by atoms with van der Waals surface area (Å²) < 4.78 is 36.8. The van der Waals surface area contributed by atoms with E-state index in [1.165, 1.54) is 12.1 Å². The van der Waals surface area contributed by atoms with E-state index in [0.29, 0.717) is 28.4 Å². The van der Waals surface area contributed by atoms with E-state index in [4.69, 9.17) is 4.74 Å². The van der Waals surface area contributed by atoms with Crippen molar-refractivity contribution in [2.75, 3.05) is 4.72 Å². The van der Waals surface area contributed by atoms with E-state index < -0.39 is 10.0 Å². The van der Waals surface area contributed by atoms with Crippen LogP contribution < -0.4 is 14.3 Å². The van der Waals surface area contributed by atoms with Crippen LogP contribution >= 0.6 is 11.3 Å². The molecule has 0 atom stereocenters. The molecular formula is C22H20N2O4S2. The first-order chi connectivity index (χ1) is 14.5. The standard InChI is InChI=1S/C22H20N2O4S2/c1-2-14-24-19-13-12-17(15-21(19)29-22(24)25)30(26,27)23-18-10-6-7-11-20(18)28-16-8-4-3-5-9-16/h3-13,15,23H,2,14H2,1H3. The monoisotopic (exact) mass is 440 g/mol. The fraction of sp³-hybridized carbons (Fsp3) is 0.136. The van der Waals surface area contributed by atoms with Crippen molar-refractivity contribution in [2.45, 2.75) is 24.8 Å². The molecule has 1 N–H and O–H groups in total. The number of benzene rings is 3. The van der Waals surface area contributed by atoms with Crippen molar-refractivity contribution in [3.63, 3.8) is 0 Å². The summed E-state index contributed by atoms with van der Waals surface area (Å²) in [7, 11) is -3.87. The van der Waals surface area contributed by atoms with Gasteiger partial charge in [0, 0.05) is 6.54 Å². The van der Waals surface area contributed by atoms with Crippen LogP contribution in [0.1, 0.15) is 13.3 Å². The van der Waals surface area contributed by atoms with Gasteiger partial charge in [0.15, 0.2) is 5.75 Å². The molecule has 0 unspecified atom stereocenters. The van der Waals surface area contributed by atoms with Gasteiger partial charge in [0.2, 0.25) is 0 Å². The molecule has 1 aromatic heterocycles. The van der Waals surface area contributed by atoms with Crippen LogP contribution in [0.2, 0.25) is 0 Å². The Hall–Kier alpha value is -3.10. The van der Waals surface area contributed by atoms with Crippen LogP contribution in [0, 0.1) is 0 Å². The Morgan fingerprint density at radius 3 is 2.50 bits per heavy atom. The molecule has 0 saturated heterocycles. The maximum atomic E-state index is 13.0. The molecule has 30 heavy (non-hydrogen) atoms. The summed E-state index contributed by atoms with van der Waals surface area (Å²) in [6.45, 7) is 2.60. The maximum Gasteiger partial charge on any atom is 0.308 e. The lowest BCUT2D eigenvalue weighted by atomic mass is 10.3. The number of nitrogens with zero attached hydrogens (tertiary/aromatic N) is 1. The number of fused-ring (bicyclic) bond motifs is 1. The number of hydrogen-bond donors (Lipinski definition) is 1. The molecule has 0 spiro atoms. The van der Waals surface area contributed by atoms with Gasteiger partial charge in [-0.3, -0.25) is 14.1 Å². The second-order valence-electron chi connectivity index (χ2n) is 6.67.